The van der Waals surface area contributed by atoms with Crippen molar-refractivity contribution in [3.05, 3.63) is 35.4 Å². The number of carboxylic acid groups (broad SMARTS) is 1. The van der Waals surface area contributed by atoms with Crippen LogP contribution in [0.3, 0.4) is 0 Å². The molecule has 13 heteroatoms. The Balaban J connectivity index is 0. The molecule has 0 aliphatic heterocycles. The van der Waals surface area contributed by atoms with Gasteiger partial charge in [0, 0.05) is 0 Å². The molecule has 0 radical (unpaired) electrons. The molecule has 3 atom stereocenters. The van der Waals surface area contributed by atoms with Gasteiger partial charge in [0.25, 0.3) is 10.1 Å². The quantitative estimate of drug-likeness (QED) is 0.0292. The van der Waals surface area contributed by atoms with Crippen LogP contribution in [0.25, 0.3) is 0 Å². The van der Waals surface area contributed by atoms with E-state index in [0.717, 1.165) is 70.6 Å². The van der Waals surface area contributed by atoms with Crippen molar-refractivity contribution in [2.24, 2.45) is 11.8 Å². The number of esters is 3. The van der Waals surface area contributed by atoms with E-state index in [2.05, 4.69) is 20.8 Å². The number of rotatable bonds is 27. The normalized spacial score (nSPS) is 12.7. The maximum atomic E-state index is 12.2. The SMILES string of the molecule is CCCCC(CC)COC(=O)CC(C(=O)OCC(CC)CCCC)S(=O)(=O)O.CCCCCCCCCCOC(=O)c1ccccc1C(=O)O.[NaH]. The van der Waals surface area contributed by atoms with Crippen LogP contribution < -0.4 is 0 Å². The van der Waals surface area contributed by atoms with Crippen LogP contribution in [0, 0.1) is 11.8 Å². The van der Waals surface area contributed by atoms with Gasteiger partial charge in [-0.05, 0) is 43.2 Å². The Morgan fingerprint density at radius 3 is 1.61 bits per heavy atom. The second-order valence-electron chi connectivity index (χ2n) is 12.8. The molecule has 0 heterocycles. The number of carbonyl (C=O) groups is 4. The Morgan fingerprint density at radius 1 is 0.667 bits per heavy atom. The number of hydrogen-bond donors (Lipinski definition) is 2. The van der Waals surface area contributed by atoms with Crippen LogP contribution in [-0.4, -0.2) is 96.6 Å². The molecule has 0 aromatic heterocycles. The molecule has 0 fully saturated rings. The van der Waals surface area contributed by atoms with E-state index in [1.54, 1.807) is 12.1 Å². The molecule has 0 aliphatic rings. The molecule has 1 rings (SSSR count). The van der Waals surface area contributed by atoms with Crippen molar-refractivity contribution in [1.82, 2.24) is 0 Å². The van der Waals surface area contributed by atoms with Gasteiger partial charge in [-0.15, -0.1) is 0 Å². The van der Waals surface area contributed by atoms with Crippen LogP contribution in [-0.2, 0) is 33.9 Å². The summed E-state index contributed by atoms with van der Waals surface area (Å²) in [5.74, 6) is -3.27. The number of aromatic carboxylic acids is 1. The first-order valence-electron chi connectivity index (χ1n) is 18.6. The first-order chi connectivity index (χ1) is 23.9. The minimum atomic E-state index is -4.76. The molecule has 0 spiro atoms. The van der Waals surface area contributed by atoms with Crippen LogP contribution >= 0.6 is 0 Å². The molecule has 0 saturated carbocycles. The molecule has 1 aromatic carbocycles. The number of carbonyl (C=O) groups excluding carboxylic acids is 3. The molecule has 0 bridgehead atoms. The van der Waals surface area contributed by atoms with E-state index < -0.39 is 45.7 Å². The average Bonchev–Trinajstić information content (AvgIpc) is 3.09. The average molecular weight is 753 g/mol. The van der Waals surface area contributed by atoms with E-state index in [-0.39, 0.29) is 65.7 Å². The van der Waals surface area contributed by atoms with Gasteiger partial charge in [0.1, 0.15) is 0 Å². The van der Waals surface area contributed by atoms with Crippen molar-refractivity contribution in [2.45, 2.75) is 149 Å². The summed E-state index contributed by atoms with van der Waals surface area (Å²) in [6.45, 7) is 10.9. The Labute approximate surface area is 329 Å². The summed E-state index contributed by atoms with van der Waals surface area (Å²) in [6, 6.07) is 6.13. The molecule has 290 valence electrons. The van der Waals surface area contributed by atoms with Gasteiger partial charge in [-0.3, -0.25) is 14.1 Å². The summed E-state index contributed by atoms with van der Waals surface area (Å²) in [7, 11) is -4.76. The van der Waals surface area contributed by atoms with Gasteiger partial charge in [-0.1, -0.05) is 130 Å². The van der Waals surface area contributed by atoms with Gasteiger partial charge in [0.05, 0.1) is 37.4 Å². The Morgan fingerprint density at radius 2 is 1.14 bits per heavy atom. The molecular formula is C38H65NaO11S. The van der Waals surface area contributed by atoms with E-state index in [0.29, 0.717) is 6.61 Å². The van der Waals surface area contributed by atoms with Crippen molar-refractivity contribution in [2.75, 3.05) is 19.8 Å². The van der Waals surface area contributed by atoms with Crippen molar-refractivity contribution < 1.29 is 51.5 Å². The van der Waals surface area contributed by atoms with E-state index in [1.807, 2.05) is 13.8 Å². The monoisotopic (exact) mass is 752 g/mol. The fourth-order valence-corrected chi connectivity index (χ4v) is 5.80. The predicted molar refractivity (Wildman–Crippen MR) is 202 cm³/mol. The number of hydrogen-bond acceptors (Lipinski definition) is 9. The van der Waals surface area contributed by atoms with Crippen molar-refractivity contribution >= 4 is 63.6 Å². The Hall–Kier alpha value is -1.99. The van der Waals surface area contributed by atoms with Crippen LogP contribution in [0.2, 0.25) is 0 Å². The summed E-state index contributed by atoms with van der Waals surface area (Å²) < 4.78 is 47.9. The molecule has 0 saturated heterocycles. The Kier molecular flexibility index (Phi) is 31.6. The fourth-order valence-electron chi connectivity index (χ4n) is 5.15. The zero-order valence-corrected chi connectivity index (χ0v) is 32.0. The van der Waals surface area contributed by atoms with Gasteiger partial charge in [0.2, 0.25) is 0 Å². The number of ether oxygens (including phenoxy) is 3. The predicted octanol–water partition coefficient (Wildman–Crippen LogP) is 8.19. The second-order valence-corrected chi connectivity index (χ2v) is 14.4. The molecule has 11 nitrogen and oxygen atoms in total. The molecule has 51 heavy (non-hydrogen) atoms. The van der Waals surface area contributed by atoms with Crippen molar-refractivity contribution in [3.63, 3.8) is 0 Å². The third kappa shape index (κ3) is 24.8. The third-order valence-electron chi connectivity index (χ3n) is 8.61. The summed E-state index contributed by atoms with van der Waals surface area (Å²) in [4.78, 5) is 47.1. The minimum absolute atomic E-state index is 0. The molecule has 3 unspecified atom stereocenters. The van der Waals surface area contributed by atoms with E-state index in [9.17, 15) is 32.1 Å². The first kappa shape index (κ1) is 51.1. The van der Waals surface area contributed by atoms with Gasteiger partial charge in [-0.2, -0.15) is 8.42 Å². The molecule has 0 amide bonds. The van der Waals surface area contributed by atoms with Crippen LogP contribution in [0.15, 0.2) is 24.3 Å². The third-order valence-corrected chi connectivity index (χ3v) is 9.69. The van der Waals surface area contributed by atoms with Crippen molar-refractivity contribution in [3.8, 4) is 0 Å². The number of benzene rings is 1. The van der Waals surface area contributed by atoms with Gasteiger partial charge in [-0.25, -0.2) is 9.59 Å². The van der Waals surface area contributed by atoms with Crippen LogP contribution in [0.4, 0.5) is 0 Å². The summed E-state index contributed by atoms with van der Waals surface area (Å²) in [5, 5.41) is 7.09. The van der Waals surface area contributed by atoms with Gasteiger partial charge < -0.3 is 19.3 Å². The van der Waals surface area contributed by atoms with E-state index in [4.69, 9.17) is 19.3 Å². The topological polar surface area (TPSA) is 171 Å². The van der Waals surface area contributed by atoms with Crippen LogP contribution in [0.1, 0.15) is 164 Å². The number of unbranched alkanes of at least 4 members (excludes halogenated alkanes) is 9. The number of carboxylic acids is 1. The summed E-state index contributed by atoms with van der Waals surface area (Å²) in [6.07, 6.45) is 16.1. The van der Waals surface area contributed by atoms with E-state index in [1.165, 1.54) is 44.2 Å². The standard InChI is InChI=1S/C20H38O7S.C18H26O4.Na.H/c1-5-9-11-16(7-3)14-26-19(21)13-18(28(23,24)25)20(22)27-15-17(8-4)12-10-6-2;1-2-3-4-5-6-7-8-11-14-22-18(21)16-13-10-9-12-15(16)17(19)20;;/h16-18H,5-15H2,1-4H3,(H,23,24,25);9-10,12-13H,2-8,11,14H2,1H3,(H,19,20);;. The zero-order chi connectivity index (χ0) is 37.8. The maximum absolute atomic E-state index is 12.2. The Bertz CT molecular complexity index is 1210. The molecule has 0 aliphatic carbocycles. The first-order valence-corrected chi connectivity index (χ1v) is 20.1. The van der Waals surface area contributed by atoms with Crippen LogP contribution in [0.5, 0.6) is 0 Å². The molecular weight excluding hydrogens is 687 g/mol. The molecule has 1 aromatic rings. The van der Waals surface area contributed by atoms with Gasteiger partial charge in [0.15, 0.2) is 5.25 Å². The fraction of sp³-hybridized carbons (Fsp3) is 0.737. The molecule has 2 N–H and O–H groups in total. The summed E-state index contributed by atoms with van der Waals surface area (Å²) >= 11 is 0. The van der Waals surface area contributed by atoms with E-state index >= 15 is 0 Å². The zero-order valence-electron chi connectivity index (χ0n) is 31.2. The van der Waals surface area contributed by atoms with Crippen molar-refractivity contribution in [1.29, 1.82) is 0 Å². The summed E-state index contributed by atoms with van der Waals surface area (Å²) in [5.41, 5.74) is 0.109. The second kappa shape index (κ2) is 31.5. The van der Waals surface area contributed by atoms with Gasteiger partial charge >= 0.3 is 53.4 Å².